The number of rotatable bonds is 5. The van der Waals surface area contributed by atoms with Gasteiger partial charge in [-0.05, 0) is 44.6 Å². The monoisotopic (exact) mass is 397 g/mol. The molecule has 0 spiro atoms. The molecular weight excluding hydrogens is 369 g/mol. The van der Waals surface area contributed by atoms with E-state index in [4.69, 9.17) is 11.6 Å². The number of halogens is 2. The molecule has 2 fully saturated rings. The molecule has 150 valence electrons. The molecule has 1 N–H and O–H groups in total. The molecule has 1 aromatic rings. The maximum absolute atomic E-state index is 14.0. The largest absolute Gasteiger partial charge is 0.396 e. The van der Waals surface area contributed by atoms with Crippen molar-refractivity contribution in [1.82, 2.24) is 14.7 Å². The highest BCUT2D eigenvalue weighted by Crippen LogP contribution is 2.27. The normalized spacial score (nSPS) is 25.0. The first-order valence-corrected chi connectivity index (χ1v) is 10.1. The molecular formula is C20H29ClFN3O2. The Morgan fingerprint density at radius 2 is 2.00 bits per heavy atom. The molecule has 2 saturated heterocycles. The van der Waals surface area contributed by atoms with Gasteiger partial charge in [-0.15, -0.1) is 0 Å². The van der Waals surface area contributed by atoms with Crippen molar-refractivity contribution in [3.05, 3.63) is 34.6 Å². The van der Waals surface area contributed by atoms with Crippen molar-refractivity contribution < 1.29 is 14.3 Å². The van der Waals surface area contributed by atoms with E-state index in [9.17, 15) is 14.3 Å². The molecule has 3 rings (SSSR count). The summed E-state index contributed by atoms with van der Waals surface area (Å²) in [7, 11) is 2.14. The molecule has 0 aromatic heterocycles. The quantitative estimate of drug-likeness (QED) is 0.822. The lowest BCUT2D eigenvalue weighted by molar-refractivity contribution is -0.129. The van der Waals surface area contributed by atoms with E-state index in [1.165, 1.54) is 12.1 Å². The zero-order chi connectivity index (χ0) is 19.4. The van der Waals surface area contributed by atoms with Crippen molar-refractivity contribution in [2.45, 2.75) is 12.8 Å². The second-order valence-electron chi connectivity index (χ2n) is 7.84. The average molecular weight is 398 g/mol. The van der Waals surface area contributed by atoms with Gasteiger partial charge in [0.15, 0.2) is 0 Å². The number of likely N-dealkylation sites (N-methyl/N-ethyl adjacent to an activating group) is 1. The number of aliphatic hydroxyl groups is 1. The van der Waals surface area contributed by atoms with Gasteiger partial charge in [0.05, 0.1) is 6.42 Å². The summed E-state index contributed by atoms with van der Waals surface area (Å²) in [6, 6.07) is 4.47. The Labute approximate surface area is 165 Å². The van der Waals surface area contributed by atoms with E-state index < -0.39 is 5.82 Å². The lowest BCUT2D eigenvalue weighted by Crippen LogP contribution is -2.36. The van der Waals surface area contributed by atoms with E-state index in [0.29, 0.717) is 13.1 Å². The summed E-state index contributed by atoms with van der Waals surface area (Å²) in [6.45, 7) is 6.33. The van der Waals surface area contributed by atoms with Crippen LogP contribution >= 0.6 is 11.6 Å². The van der Waals surface area contributed by atoms with Gasteiger partial charge >= 0.3 is 0 Å². The van der Waals surface area contributed by atoms with Crippen molar-refractivity contribution in [3.8, 4) is 0 Å². The molecule has 2 heterocycles. The first-order chi connectivity index (χ1) is 13.0. The van der Waals surface area contributed by atoms with Crippen LogP contribution in [-0.2, 0) is 11.2 Å². The number of carbonyl (C=O) groups is 1. The van der Waals surface area contributed by atoms with Crippen LogP contribution in [0.1, 0.15) is 12.0 Å². The van der Waals surface area contributed by atoms with E-state index in [-0.39, 0.29) is 41.4 Å². The van der Waals surface area contributed by atoms with E-state index in [1.54, 1.807) is 11.0 Å². The van der Waals surface area contributed by atoms with Crippen molar-refractivity contribution >= 4 is 17.5 Å². The van der Waals surface area contributed by atoms with Gasteiger partial charge in [0.1, 0.15) is 5.82 Å². The van der Waals surface area contributed by atoms with Crippen LogP contribution < -0.4 is 0 Å². The second kappa shape index (κ2) is 9.32. The summed E-state index contributed by atoms with van der Waals surface area (Å²) in [6.07, 6.45) is 1.10. The fraction of sp³-hybridized carbons (Fsp3) is 0.650. The highest BCUT2D eigenvalue weighted by Gasteiger charge is 2.36. The molecule has 5 nitrogen and oxygen atoms in total. The number of benzene rings is 1. The molecule has 0 unspecified atom stereocenters. The van der Waals surface area contributed by atoms with E-state index in [0.717, 1.165) is 39.1 Å². The fourth-order valence-electron chi connectivity index (χ4n) is 4.13. The highest BCUT2D eigenvalue weighted by atomic mass is 35.5. The molecule has 2 aliphatic heterocycles. The Morgan fingerprint density at radius 3 is 2.74 bits per heavy atom. The van der Waals surface area contributed by atoms with Gasteiger partial charge in [0, 0.05) is 55.8 Å². The Balaban J connectivity index is 1.60. The molecule has 1 amide bonds. The second-order valence-corrected chi connectivity index (χ2v) is 8.24. The van der Waals surface area contributed by atoms with Crippen LogP contribution in [0.15, 0.2) is 18.2 Å². The highest BCUT2D eigenvalue weighted by molar-refractivity contribution is 6.31. The molecule has 0 radical (unpaired) electrons. The minimum absolute atomic E-state index is 0.0368. The number of amides is 1. The Kier molecular flexibility index (Phi) is 7.09. The summed E-state index contributed by atoms with van der Waals surface area (Å²) < 4.78 is 14.0. The first-order valence-electron chi connectivity index (χ1n) is 9.70. The minimum Gasteiger partial charge on any atom is -0.396 e. The molecule has 7 heteroatoms. The fourth-order valence-corrected chi connectivity index (χ4v) is 4.36. The van der Waals surface area contributed by atoms with E-state index in [2.05, 4.69) is 16.8 Å². The predicted octanol–water partition coefficient (Wildman–Crippen LogP) is 1.73. The van der Waals surface area contributed by atoms with Crippen molar-refractivity contribution in [3.63, 3.8) is 0 Å². The zero-order valence-electron chi connectivity index (χ0n) is 15.9. The van der Waals surface area contributed by atoms with Crippen LogP contribution in [0, 0.1) is 17.7 Å². The number of likely N-dealkylation sites (tertiary alicyclic amines) is 1. The molecule has 0 saturated carbocycles. The zero-order valence-corrected chi connectivity index (χ0v) is 16.7. The number of nitrogens with zero attached hydrogens (tertiary/aromatic N) is 3. The van der Waals surface area contributed by atoms with Gasteiger partial charge in [0.2, 0.25) is 5.91 Å². The van der Waals surface area contributed by atoms with Crippen LogP contribution in [0.2, 0.25) is 5.02 Å². The number of carbonyl (C=O) groups excluding carboxylic acids is 1. The number of hydrogen-bond acceptors (Lipinski definition) is 4. The molecule has 27 heavy (non-hydrogen) atoms. The maximum Gasteiger partial charge on any atom is 0.227 e. The number of hydrogen-bond donors (Lipinski definition) is 1. The van der Waals surface area contributed by atoms with Crippen LogP contribution in [0.3, 0.4) is 0 Å². The third-order valence-corrected chi connectivity index (χ3v) is 6.21. The predicted molar refractivity (Wildman–Crippen MR) is 104 cm³/mol. The topological polar surface area (TPSA) is 47.0 Å². The van der Waals surface area contributed by atoms with Crippen molar-refractivity contribution in [2.24, 2.45) is 11.8 Å². The van der Waals surface area contributed by atoms with Crippen LogP contribution in [0.4, 0.5) is 4.39 Å². The third-order valence-electron chi connectivity index (χ3n) is 5.86. The van der Waals surface area contributed by atoms with Gasteiger partial charge in [0.25, 0.3) is 0 Å². The Morgan fingerprint density at radius 1 is 1.22 bits per heavy atom. The molecule has 1 aromatic carbocycles. The molecule has 0 aliphatic carbocycles. The average Bonchev–Trinajstić information content (AvgIpc) is 2.94. The van der Waals surface area contributed by atoms with Gasteiger partial charge in [-0.25, -0.2) is 4.39 Å². The molecule has 0 bridgehead atoms. The minimum atomic E-state index is -0.445. The summed E-state index contributed by atoms with van der Waals surface area (Å²) in [5, 5.41) is 10.1. The third kappa shape index (κ3) is 5.19. The van der Waals surface area contributed by atoms with Crippen LogP contribution in [0.25, 0.3) is 0 Å². The Bertz CT molecular complexity index is 640. The first kappa shape index (κ1) is 20.5. The summed E-state index contributed by atoms with van der Waals surface area (Å²) in [4.78, 5) is 19.3. The van der Waals surface area contributed by atoms with Gasteiger partial charge in [-0.1, -0.05) is 17.7 Å². The van der Waals surface area contributed by atoms with Crippen LogP contribution in [0.5, 0.6) is 0 Å². The smallest absolute Gasteiger partial charge is 0.227 e. The summed E-state index contributed by atoms with van der Waals surface area (Å²) in [5.41, 5.74) is 0.253. The SMILES string of the molecule is CN1CCCN(C[C@@H]2CN(C(=O)Cc3c(F)cccc3Cl)C[C@@H]2CO)CC1. The number of aliphatic hydroxyl groups excluding tert-OH is 1. The summed E-state index contributed by atoms with van der Waals surface area (Å²) >= 11 is 6.06. The summed E-state index contributed by atoms with van der Waals surface area (Å²) in [5.74, 6) is -0.248. The van der Waals surface area contributed by atoms with Gasteiger partial charge in [-0.3, -0.25) is 4.79 Å². The standard InChI is InChI=1S/C20H29ClFN3O2/c1-23-6-3-7-24(9-8-23)11-15-12-25(13-16(15)14-26)20(27)10-17-18(21)4-2-5-19(17)22/h2,4-5,15-16,26H,3,6-14H2,1H3/t15-,16-/m1/s1. The van der Waals surface area contributed by atoms with Gasteiger partial charge < -0.3 is 19.8 Å². The molecule has 2 aliphatic rings. The van der Waals surface area contributed by atoms with Crippen molar-refractivity contribution in [2.75, 3.05) is 59.5 Å². The maximum atomic E-state index is 14.0. The lowest BCUT2D eigenvalue weighted by atomic mass is 9.96. The van der Waals surface area contributed by atoms with E-state index in [1.807, 2.05) is 0 Å². The van der Waals surface area contributed by atoms with Crippen molar-refractivity contribution in [1.29, 1.82) is 0 Å². The Hall–Kier alpha value is -1.21. The van der Waals surface area contributed by atoms with Crippen LogP contribution in [-0.4, -0.2) is 85.2 Å². The lowest BCUT2D eigenvalue weighted by Gasteiger charge is -2.26. The van der Waals surface area contributed by atoms with Gasteiger partial charge in [-0.2, -0.15) is 0 Å². The van der Waals surface area contributed by atoms with E-state index >= 15 is 0 Å². The molecule has 2 atom stereocenters.